The van der Waals surface area contributed by atoms with E-state index in [1.54, 1.807) is 18.0 Å². The van der Waals surface area contributed by atoms with Crippen LogP contribution in [0.25, 0.3) is 0 Å². The Balaban J connectivity index is 2.04. The normalized spacial score (nSPS) is 20.3. The number of rotatable bonds is 7. The monoisotopic (exact) mass is 292 g/mol. The van der Waals surface area contributed by atoms with Crippen LogP contribution in [0.15, 0.2) is 0 Å². The molecule has 1 rings (SSSR count). The molecule has 1 fully saturated rings. The van der Waals surface area contributed by atoms with Crippen molar-refractivity contribution in [2.45, 2.75) is 36.7 Å². The van der Waals surface area contributed by atoms with Crippen molar-refractivity contribution in [2.75, 3.05) is 31.6 Å². The van der Waals surface area contributed by atoms with E-state index in [-0.39, 0.29) is 11.2 Å². The van der Waals surface area contributed by atoms with Gasteiger partial charge in [0.1, 0.15) is 0 Å². The second-order valence-corrected chi connectivity index (χ2v) is 7.80. The van der Waals surface area contributed by atoms with Crippen LogP contribution in [0, 0.1) is 0 Å². The van der Waals surface area contributed by atoms with Gasteiger partial charge in [0.2, 0.25) is 5.91 Å². The highest BCUT2D eigenvalue weighted by atomic mass is 32.2. The van der Waals surface area contributed by atoms with Crippen molar-refractivity contribution in [1.29, 1.82) is 0 Å². The molecule has 2 atom stereocenters. The lowest BCUT2D eigenvalue weighted by Gasteiger charge is -2.21. The number of carbonyl (C=O) groups is 1. The van der Waals surface area contributed by atoms with Crippen molar-refractivity contribution in [3.05, 3.63) is 0 Å². The van der Waals surface area contributed by atoms with Crippen LogP contribution >= 0.6 is 11.8 Å². The van der Waals surface area contributed by atoms with E-state index >= 15 is 0 Å². The lowest BCUT2D eigenvalue weighted by Crippen LogP contribution is -2.32. The molecule has 4 nitrogen and oxygen atoms in total. The van der Waals surface area contributed by atoms with Crippen molar-refractivity contribution < 1.29 is 9.00 Å². The fraction of sp³-hybridized carbons (Fsp3) is 0.917. The summed E-state index contributed by atoms with van der Waals surface area (Å²) in [5.41, 5.74) is 0. The van der Waals surface area contributed by atoms with Crippen LogP contribution in [0.1, 0.15) is 26.2 Å². The van der Waals surface area contributed by atoms with E-state index in [1.165, 1.54) is 0 Å². The highest BCUT2D eigenvalue weighted by Crippen LogP contribution is 2.19. The fourth-order valence-corrected chi connectivity index (χ4v) is 3.30. The fourth-order valence-electron chi connectivity index (χ4n) is 1.79. The molecule has 106 valence electrons. The quantitative estimate of drug-likeness (QED) is 0.727. The van der Waals surface area contributed by atoms with Crippen LogP contribution < -0.4 is 10.6 Å². The highest BCUT2D eigenvalue weighted by molar-refractivity contribution is 8.00. The van der Waals surface area contributed by atoms with Crippen LogP contribution in [0.2, 0.25) is 0 Å². The third kappa shape index (κ3) is 6.75. The molecule has 2 unspecified atom stereocenters. The van der Waals surface area contributed by atoms with E-state index in [0.29, 0.717) is 17.5 Å². The first-order chi connectivity index (χ1) is 8.59. The molecule has 18 heavy (non-hydrogen) atoms. The van der Waals surface area contributed by atoms with E-state index in [4.69, 9.17) is 0 Å². The molecule has 1 aliphatic heterocycles. The van der Waals surface area contributed by atoms with Gasteiger partial charge in [-0.2, -0.15) is 0 Å². The lowest BCUT2D eigenvalue weighted by atomic mass is 10.2. The van der Waals surface area contributed by atoms with Gasteiger partial charge in [-0.05, 0) is 32.4 Å². The Morgan fingerprint density at radius 3 is 2.78 bits per heavy atom. The van der Waals surface area contributed by atoms with Gasteiger partial charge in [-0.25, -0.2) is 0 Å². The third-order valence-electron chi connectivity index (χ3n) is 3.18. The van der Waals surface area contributed by atoms with Crippen molar-refractivity contribution >= 4 is 28.5 Å². The number of amides is 1. The third-order valence-corrected chi connectivity index (χ3v) is 5.92. The van der Waals surface area contributed by atoms with Crippen LogP contribution in [0.4, 0.5) is 0 Å². The van der Waals surface area contributed by atoms with Gasteiger partial charge < -0.3 is 10.6 Å². The zero-order valence-electron chi connectivity index (χ0n) is 11.2. The second kappa shape index (κ2) is 8.93. The maximum absolute atomic E-state index is 11.6. The van der Waals surface area contributed by atoms with Crippen LogP contribution in [-0.4, -0.2) is 52.3 Å². The maximum Gasteiger partial charge on any atom is 0.230 e. The summed E-state index contributed by atoms with van der Waals surface area (Å²) >= 11 is 1.76. The van der Waals surface area contributed by atoms with E-state index in [1.807, 2.05) is 6.92 Å². The zero-order valence-corrected chi connectivity index (χ0v) is 12.9. The first kappa shape index (κ1) is 16.0. The number of hydrogen-bond acceptors (Lipinski definition) is 4. The van der Waals surface area contributed by atoms with Crippen molar-refractivity contribution in [3.63, 3.8) is 0 Å². The Morgan fingerprint density at radius 1 is 1.50 bits per heavy atom. The van der Waals surface area contributed by atoms with E-state index in [0.717, 1.165) is 32.4 Å². The second-order valence-electron chi connectivity index (χ2n) is 4.71. The molecule has 0 aromatic heterocycles. The number of hydrogen-bond donors (Lipinski definition) is 2. The molecule has 1 amide bonds. The zero-order chi connectivity index (χ0) is 13.4. The maximum atomic E-state index is 11.6. The van der Waals surface area contributed by atoms with Gasteiger partial charge in [0.05, 0.1) is 5.75 Å². The molecule has 0 saturated carbocycles. The highest BCUT2D eigenvalue weighted by Gasteiger charge is 2.15. The minimum Gasteiger partial charge on any atom is -0.355 e. The molecule has 2 N–H and O–H groups in total. The van der Waals surface area contributed by atoms with Gasteiger partial charge in [-0.3, -0.25) is 9.00 Å². The summed E-state index contributed by atoms with van der Waals surface area (Å²) in [6.07, 6.45) is 4.81. The van der Waals surface area contributed by atoms with E-state index in [9.17, 15) is 9.00 Å². The van der Waals surface area contributed by atoms with Gasteiger partial charge >= 0.3 is 0 Å². The van der Waals surface area contributed by atoms with Crippen LogP contribution in [0.5, 0.6) is 0 Å². The molecular weight excluding hydrogens is 268 g/mol. The van der Waals surface area contributed by atoms with Crippen LogP contribution in [-0.2, 0) is 15.6 Å². The molecule has 1 heterocycles. The Hall–Kier alpha value is -0.0700. The number of thioether (sulfide) groups is 1. The summed E-state index contributed by atoms with van der Waals surface area (Å²) in [5.74, 6) is 0.654. The Morgan fingerprint density at radius 2 is 2.17 bits per heavy atom. The molecule has 0 spiro atoms. The van der Waals surface area contributed by atoms with E-state index < -0.39 is 10.8 Å². The van der Waals surface area contributed by atoms with Crippen molar-refractivity contribution in [3.8, 4) is 0 Å². The van der Waals surface area contributed by atoms with Crippen molar-refractivity contribution in [1.82, 2.24) is 10.6 Å². The average molecular weight is 292 g/mol. The molecular formula is C12H24N2O2S2. The van der Waals surface area contributed by atoms with Gasteiger partial charge in [0.25, 0.3) is 0 Å². The molecule has 0 aromatic rings. The minimum atomic E-state index is -0.796. The largest absolute Gasteiger partial charge is 0.355 e. The lowest BCUT2D eigenvalue weighted by molar-refractivity contribution is -0.118. The SMILES string of the molecule is CC(CCNC(=O)CSC1CCNCC1)S(C)=O. The van der Waals surface area contributed by atoms with Crippen molar-refractivity contribution in [2.24, 2.45) is 0 Å². The smallest absolute Gasteiger partial charge is 0.230 e. The summed E-state index contributed by atoms with van der Waals surface area (Å²) in [6, 6.07) is 0. The standard InChI is InChI=1S/C12H24N2O2S2/c1-10(18(2)16)3-8-14-12(15)9-17-11-4-6-13-7-5-11/h10-11,13H,3-9H2,1-2H3,(H,14,15). The molecule has 0 aromatic carbocycles. The summed E-state index contributed by atoms with van der Waals surface area (Å²) in [7, 11) is -0.796. The van der Waals surface area contributed by atoms with Gasteiger partial charge in [0.15, 0.2) is 0 Å². The number of carbonyl (C=O) groups excluding carboxylic acids is 1. The number of nitrogens with one attached hydrogen (secondary N) is 2. The van der Waals surface area contributed by atoms with Crippen LogP contribution in [0.3, 0.4) is 0 Å². The summed E-state index contributed by atoms with van der Waals surface area (Å²) in [5, 5.41) is 6.99. The molecule has 6 heteroatoms. The Bertz CT molecular complexity index is 281. The average Bonchev–Trinajstić information content (AvgIpc) is 2.37. The minimum absolute atomic E-state index is 0.104. The number of piperidine rings is 1. The first-order valence-corrected chi connectivity index (χ1v) is 9.18. The topological polar surface area (TPSA) is 58.2 Å². The van der Waals surface area contributed by atoms with Gasteiger partial charge in [-0.1, -0.05) is 6.92 Å². The summed E-state index contributed by atoms with van der Waals surface area (Å²) in [4.78, 5) is 11.6. The van der Waals surface area contributed by atoms with E-state index in [2.05, 4.69) is 10.6 Å². The summed E-state index contributed by atoms with van der Waals surface area (Å²) < 4.78 is 11.1. The predicted octanol–water partition coefficient (Wildman–Crippen LogP) is 0.745. The Labute approximate surface area is 117 Å². The molecule has 0 aliphatic carbocycles. The van der Waals surface area contributed by atoms with Gasteiger partial charge in [0, 0.05) is 34.1 Å². The first-order valence-electron chi connectivity index (χ1n) is 6.51. The molecule has 1 saturated heterocycles. The van der Waals surface area contributed by atoms with Gasteiger partial charge in [-0.15, -0.1) is 11.8 Å². The molecule has 0 radical (unpaired) electrons. The molecule has 1 aliphatic rings. The Kier molecular flexibility index (Phi) is 7.93. The summed E-state index contributed by atoms with van der Waals surface area (Å²) in [6.45, 7) is 4.72. The molecule has 0 bridgehead atoms. The predicted molar refractivity (Wildman–Crippen MR) is 79.5 cm³/mol.